The lowest BCUT2D eigenvalue weighted by molar-refractivity contribution is -0.148. The van der Waals surface area contributed by atoms with Crippen molar-refractivity contribution in [3.63, 3.8) is 0 Å². The quantitative estimate of drug-likeness (QED) is 0.398. The number of carbonyl (C=O) groups is 3. The van der Waals surface area contributed by atoms with Crippen LogP contribution >= 0.6 is 0 Å². The molecule has 2 fully saturated rings. The van der Waals surface area contributed by atoms with Gasteiger partial charge >= 0.3 is 17.9 Å². The van der Waals surface area contributed by atoms with Crippen molar-refractivity contribution in [1.29, 1.82) is 0 Å². The maximum atomic E-state index is 12.2. The summed E-state index contributed by atoms with van der Waals surface area (Å²) < 4.78 is 21.9. The summed E-state index contributed by atoms with van der Waals surface area (Å²) >= 11 is 0. The van der Waals surface area contributed by atoms with Crippen LogP contribution in [0.5, 0.6) is 0 Å². The van der Waals surface area contributed by atoms with Crippen molar-refractivity contribution in [3.8, 4) is 0 Å². The second-order valence-corrected chi connectivity index (χ2v) is 6.85. The van der Waals surface area contributed by atoms with Crippen molar-refractivity contribution in [2.45, 2.75) is 63.1 Å². The lowest BCUT2D eigenvalue weighted by atomic mass is 9.85. The smallest absolute Gasteiger partial charge is 0.338 e. The lowest BCUT2D eigenvalue weighted by Crippen LogP contribution is -2.32. The number of rotatable bonds is 1. The van der Waals surface area contributed by atoms with E-state index in [4.69, 9.17) is 18.9 Å². The number of carbonyl (C=O) groups excluding carboxylic acids is 3. The van der Waals surface area contributed by atoms with Crippen molar-refractivity contribution in [2.24, 2.45) is 5.92 Å². The molecule has 0 unspecified atom stereocenters. The summed E-state index contributed by atoms with van der Waals surface area (Å²) in [4.78, 5) is 35.3. The molecule has 2 bridgehead atoms. The molecule has 2 saturated heterocycles. The molecule has 1 aliphatic carbocycles. The molecule has 4 aliphatic rings. The molecule has 0 aromatic rings. The third-order valence-corrected chi connectivity index (χ3v) is 5.13. The summed E-state index contributed by atoms with van der Waals surface area (Å²) in [5.41, 5.74) is -0.0881. The van der Waals surface area contributed by atoms with E-state index in [9.17, 15) is 14.4 Å². The van der Waals surface area contributed by atoms with Crippen molar-refractivity contribution in [1.82, 2.24) is 0 Å². The van der Waals surface area contributed by atoms with Crippen molar-refractivity contribution < 1.29 is 33.3 Å². The van der Waals surface area contributed by atoms with Gasteiger partial charge in [-0.2, -0.15) is 0 Å². The predicted octanol–water partition coefficient (Wildman–Crippen LogP) is 0.653. The highest BCUT2D eigenvalue weighted by atomic mass is 16.6. The number of hydrogen-bond donors (Lipinski definition) is 0. The van der Waals surface area contributed by atoms with Gasteiger partial charge in [-0.25, -0.2) is 4.79 Å². The van der Waals surface area contributed by atoms with Gasteiger partial charge in [0.1, 0.15) is 18.3 Å². The number of hydrogen-bond acceptors (Lipinski definition) is 7. The third kappa shape index (κ3) is 2.43. The van der Waals surface area contributed by atoms with Crippen LogP contribution in [0.4, 0.5) is 0 Å². The first kappa shape index (κ1) is 14.7. The average molecular weight is 322 g/mol. The minimum Gasteiger partial charge on any atom is -0.462 e. The fraction of sp³-hybridized carbons (Fsp3) is 0.688. The molecule has 6 atom stereocenters. The molecular weight excluding hydrogens is 304 g/mol. The fourth-order valence-electron chi connectivity index (χ4n) is 3.87. The Bertz CT molecular complexity index is 624. The van der Waals surface area contributed by atoms with Crippen molar-refractivity contribution in [2.75, 3.05) is 0 Å². The lowest BCUT2D eigenvalue weighted by Gasteiger charge is -2.23. The van der Waals surface area contributed by atoms with Gasteiger partial charge in [-0.1, -0.05) is 0 Å². The number of ether oxygens (including phenoxy) is 4. The maximum absolute atomic E-state index is 12.2. The Hall–Kier alpha value is -1.89. The SMILES string of the molecule is CC(=O)O[C@@H]1C[C@H]2O[C@@]2(C)C[C@H]2OC(=O)C[C@H]2[C@H]2C=C1C(=O)O2. The van der Waals surface area contributed by atoms with Crippen LogP contribution in [0.25, 0.3) is 0 Å². The van der Waals surface area contributed by atoms with Gasteiger partial charge in [0.2, 0.25) is 0 Å². The molecule has 0 radical (unpaired) electrons. The summed E-state index contributed by atoms with van der Waals surface area (Å²) in [6, 6.07) is 0. The van der Waals surface area contributed by atoms with Gasteiger partial charge in [0.05, 0.1) is 23.7 Å². The first-order chi connectivity index (χ1) is 10.9. The summed E-state index contributed by atoms with van der Waals surface area (Å²) in [7, 11) is 0. The minimum absolute atomic E-state index is 0.141. The first-order valence-corrected chi connectivity index (χ1v) is 7.83. The summed E-state index contributed by atoms with van der Waals surface area (Å²) in [6.45, 7) is 3.26. The number of epoxide rings is 1. The van der Waals surface area contributed by atoms with E-state index in [2.05, 4.69) is 0 Å². The second kappa shape index (κ2) is 4.80. The van der Waals surface area contributed by atoms with Crippen LogP contribution in [0.15, 0.2) is 11.6 Å². The Balaban J connectivity index is 1.69. The van der Waals surface area contributed by atoms with Gasteiger partial charge in [0.25, 0.3) is 0 Å². The molecule has 0 spiro atoms. The topological polar surface area (TPSA) is 91.4 Å². The molecule has 0 aromatic carbocycles. The van der Waals surface area contributed by atoms with Crippen LogP contribution in [0, 0.1) is 5.92 Å². The van der Waals surface area contributed by atoms with Gasteiger partial charge in [-0.05, 0) is 13.0 Å². The van der Waals surface area contributed by atoms with Gasteiger partial charge in [-0.3, -0.25) is 9.59 Å². The Morgan fingerprint density at radius 3 is 2.87 bits per heavy atom. The predicted molar refractivity (Wildman–Crippen MR) is 74.0 cm³/mol. The van der Waals surface area contributed by atoms with E-state index in [0.29, 0.717) is 18.4 Å². The molecule has 23 heavy (non-hydrogen) atoms. The van der Waals surface area contributed by atoms with Crippen molar-refractivity contribution in [3.05, 3.63) is 11.6 Å². The molecule has 3 aliphatic heterocycles. The van der Waals surface area contributed by atoms with Crippen LogP contribution < -0.4 is 0 Å². The number of fused-ring (bicyclic) bond motifs is 4. The van der Waals surface area contributed by atoms with Gasteiger partial charge < -0.3 is 18.9 Å². The van der Waals surface area contributed by atoms with E-state index in [1.54, 1.807) is 6.08 Å². The molecule has 7 nitrogen and oxygen atoms in total. The van der Waals surface area contributed by atoms with Crippen LogP contribution in [-0.2, 0) is 33.3 Å². The van der Waals surface area contributed by atoms with Crippen LogP contribution in [-0.4, -0.2) is 47.9 Å². The first-order valence-electron chi connectivity index (χ1n) is 7.83. The third-order valence-electron chi connectivity index (χ3n) is 5.13. The molecule has 0 N–H and O–H groups in total. The molecule has 7 heteroatoms. The van der Waals surface area contributed by atoms with Gasteiger partial charge in [0.15, 0.2) is 0 Å². The summed E-state index contributed by atoms with van der Waals surface area (Å²) in [5, 5.41) is 0. The van der Waals surface area contributed by atoms with E-state index in [0.717, 1.165) is 0 Å². The average Bonchev–Trinajstić information content (AvgIpc) is 2.78. The number of esters is 3. The fourth-order valence-corrected chi connectivity index (χ4v) is 3.87. The minimum atomic E-state index is -0.675. The zero-order chi connectivity index (χ0) is 16.4. The molecule has 0 saturated carbocycles. The molecule has 4 rings (SSSR count). The van der Waals surface area contributed by atoms with E-state index in [1.807, 2.05) is 6.92 Å². The molecule has 124 valence electrons. The van der Waals surface area contributed by atoms with E-state index < -0.39 is 29.7 Å². The van der Waals surface area contributed by atoms with Crippen LogP contribution in [0.1, 0.15) is 33.1 Å². The van der Waals surface area contributed by atoms with Gasteiger partial charge in [-0.15, -0.1) is 0 Å². The van der Waals surface area contributed by atoms with E-state index in [1.165, 1.54) is 6.92 Å². The monoisotopic (exact) mass is 322 g/mol. The van der Waals surface area contributed by atoms with E-state index >= 15 is 0 Å². The Morgan fingerprint density at radius 1 is 1.35 bits per heavy atom. The Kier molecular flexibility index (Phi) is 3.07. The molecule has 3 heterocycles. The van der Waals surface area contributed by atoms with Crippen LogP contribution in [0.2, 0.25) is 0 Å². The van der Waals surface area contributed by atoms with E-state index in [-0.39, 0.29) is 30.5 Å². The Labute approximate surface area is 132 Å². The largest absolute Gasteiger partial charge is 0.462 e. The molecular formula is C16H18O7. The second-order valence-electron chi connectivity index (χ2n) is 6.85. The Morgan fingerprint density at radius 2 is 2.13 bits per heavy atom. The zero-order valence-electron chi connectivity index (χ0n) is 12.9. The van der Waals surface area contributed by atoms with Gasteiger partial charge in [0, 0.05) is 25.7 Å². The summed E-state index contributed by atoms with van der Waals surface area (Å²) in [6.07, 6.45) is 1.19. The zero-order valence-corrected chi connectivity index (χ0v) is 12.9. The highest BCUT2D eigenvalue weighted by molar-refractivity contribution is 5.92. The normalized spacial score (nSPS) is 44.4. The maximum Gasteiger partial charge on any atom is 0.338 e. The highest BCUT2D eigenvalue weighted by Gasteiger charge is 2.59. The highest BCUT2D eigenvalue weighted by Crippen LogP contribution is 2.49. The molecule has 0 amide bonds. The molecule has 0 aromatic heterocycles. The standard InChI is InChI=1S/C16H18O7/c1-7(17)20-11-5-13-16(2,23-13)6-12-8(4-14(18)21-12)10-3-9(11)15(19)22-10/h3,8,10-13H,4-6H2,1-2H3/t8-,10+,11+,12+,13+,16-/m0/s1. The van der Waals surface area contributed by atoms with Crippen LogP contribution in [0.3, 0.4) is 0 Å². The van der Waals surface area contributed by atoms with Crippen molar-refractivity contribution >= 4 is 17.9 Å². The summed E-state index contributed by atoms with van der Waals surface area (Å²) in [5.74, 6) is -1.45.